The first-order valence-corrected chi connectivity index (χ1v) is 6.70. The van der Waals surface area contributed by atoms with Crippen LogP contribution in [0.2, 0.25) is 0 Å². The van der Waals surface area contributed by atoms with Gasteiger partial charge in [0.15, 0.2) is 0 Å². The maximum Gasteiger partial charge on any atom is 0.256 e. The van der Waals surface area contributed by atoms with E-state index in [2.05, 4.69) is 27.9 Å². The Morgan fingerprint density at radius 3 is 2.50 bits per heavy atom. The van der Waals surface area contributed by atoms with E-state index in [9.17, 15) is 4.79 Å². The van der Waals surface area contributed by atoms with Gasteiger partial charge in [-0.3, -0.25) is 4.79 Å². The summed E-state index contributed by atoms with van der Waals surface area (Å²) in [7, 11) is 0. The van der Waals surface area contributed by atoms with Crippen molar-refractivity contribution in [2.45, 2.75) is 0 Å². The Hall–Kier alpha value is -1.62. The summed E-state index contributed by atoms with van der Waals surface area (Å²) < 4.78 is 1.19. The summed E-state index contributed by atoms with van der Waals surface area (Å²) in [6.45, 7) is 0. The summed E-state index contributed by atoms with van der Waals surface area (Å²) in [6.07, 6.45) is 1.93. The molecule has 0 aliphatic carbocycles. The van der Waals surface area contributed by atoms with Crippen LogP contribution in [0.1, 0.15) is 11.1 Å². The van der Waals surface area contributed by atoms with E-state index >= 15 is 0 Å². The van der Waals surface area contributed by atoms with Crippen molar-refractivity contribution in [3.8, 4) is 0 Å². The number of benzene rings is 2. The highest BCUT2D eigenvalue weighted by atomic mass is 127. The van der Waals surface area contributed by atoms with Crippen LogP contribution in [-0.2, 0) is 4.79 Å². The lowest BCUT2D eigenvalue weighted by Crippen LogP contribution is -2.03. The second kappa shape index (κ2) is 4.57. The molecule has 1 aliphatic heterocycles. The molecular weight excluding hydrogens is 337 g/mol. The third-order valence-electron chi connectivity index (χ3n) is 2.89. The van der Waals surface area contributed by atoms with Gasteiger partial charge in [-0.1, -0.05) is 30.3 Å². The van der Waals surface area contributed by atoms with Crippen molar-refractivity contribution in [3.63, 3.8) is 0 Å². The number of rotatable bonds is 1. The van der Waals surface area contributed by atoms with Crippen molar-refractivity contribution in [1.82, 2.24) is 0 Å². The van der Waals surface area contributed by atoms with Gasteiger partial charge in [-0.05, 0) is 52.4 Å². The Morgan fingerprint density at radius 1 is 1.00 bits per heavy atom. The largest absolute Gasteiger partial charge is 0.321 e. The molecule has 3 heteroatoms. The monoisotopic (exact) mass is 347 g/mol. The Labute approximate surface area is 119 Å². The second-order valence-corrected chi connectivity index (χ2v) is 5.35. The van der Waals surface area contributed by atoms with Crippen molar-refractivity contribution >= 4 is 45.8 Å². The van der Waals surface area contributed by atoms with E-state index in [4.69, 9.17) is 0 Å². The Kier molecular flexibility index (Phi) is 2.91. The lowest BCUT2D eigenvalue weighted by atomic mass is 10.0. The van der Waals surface area contributed by atoms with E-state index in [1.807, 2.05) is 54.6 Å². The zero-order chi connectivity index (χ0) is 12.5. The molecule has 1 heterocycles. The van der Waals surface area contributed by atoms with Crippen LogP contribution in [0.25, 0.3) is 11.6 Å². The molecule has 18 heavy (non-hydrogen) atoms. The maximum atomic E-state index is 11.9. The van der Waals surface area contributed by atoms with E-state index < -0.39 is 0 Å². The van der Waals surface area contributed by atoms with Crippen LogP contribution < -0.4 is 5.32 Å². The van der Waals surface area contributed by atoms with Crippen LogP contribution in [0.3, 0.4) is 0 Å². The molecule has 0 spiro atoms. The molecule has 0 atom stereocenters. The molecule has 3 rings (SSSR count). The molecule has 2 aromatic rings. The number of anilines is 1. The van der Waals surface area contributed by atoms with E-state index in [0.717, 1.165) is 22.4 Å². The minimum Gasteiger partial charge on any atom is -0.321 e. The van der Waals surface area contributed by atoms with Gasteiger partial charge in [0.25, 0.3) is 5.91 Å². The summed E-state index contributed by atoms with van der Waals surface area (Å²) in [5.74, 6) is -0.0326. The van der Waals surface area contributed by atoms with E-state index in [0.29, 0.717) is 0 Å². The number of para-hydroxylation sites is 1. The molecule has 0 unspecified atom stereocenters. The summed E-state index contributed by atoms with van der Waals surface area (Å²) in [6, 6.07) is 15.9. The fourth-order valence-electron chi connectivity index (χ4n) is 2.01. The molecule has 0 bridgehead atoms. The van der Waals surface area contributed by atoms with E-state index in [-0.39, 0.29) is 5.91 Å². The van der Waals surface area contributed by atoms with Crippen LogP contribution >= 0.6 is 22.6 Å². The molecule has 1 aliphatic rings. The first-order valence-electron chi connectivity index (χ1n) is 5.62. The number of halogens is 1. The number of nitrogens with one attached hydrogen (secondary N) is 1. The highest BCUT2D eigenvalue weighted by Crippen LogP contribution is 2.32. The maximum absolute atomic E-state index is 11.9. The molecule has 88 valence electrons. The number of amides is 1. The van der Waals surface area contributed by atoms with Gasteiger partial charge in [0, 0.05) is 20.4 Å². The van der Waals surface area contributed by atoms with Gasteiger partial charge in [-0.15, -0.1) is 0 Å². The fourth-order valence-corrected chi connectivity index (χ4v) is 2.37. The number of hydrogen-bond acceptors (Lipinski definition) is 1. The summed E-state index contributed by atoms with van der Waals surface area (Å²) in [5, 5.41) is 2.87. The van der Waals surface area contributed by atoms with Crippen LogP contribution in [-0.4, -0.2) is 5.91 Å². The van der Waals surface area contributed by atoms with Crippen molar-refractivity contribution in [3.05, 3.63) is 63.2 Å². The van der Waals surface area contributed by atoms with Gasteiger partial charge in [0.2, 0.25) is 0 Å². The van der Waals surface area contributed by atoms with Gasteiger partial charge in [-0.25, -0.2) is 0 Å². The molecule has 2 nitrogen and oxygen atoms in total. The Bertz CT molecular complexity index is 644. The topological polar surface area (TPSA) is 29.1 Å². The van der Waals surface area contributed by atoms with Gasteiger partial charge < -0.3 is 5.32 Å². The van der Waals surface area contributed by atoms with Crippen molar-refractivity contribution in [2.24, 2.45) is 0 Å². The van der Waals surface area contributed by atoms with E-state index in [1.165, 1.54) is 3.57 Å². The molecule has 0 saturated carbocycles. The number of carbonyl (C=O) groups is 1. The molecule has 1 amide bonds. The quantitative estimate of drug-likeness (QED) is 0.617. The SMILES string of the molecule is O=C1Nc2ccccc2C1=Cc1ccc(I)cc1. The Balaban J connectivity index is 2.07. The standard InChI is InChI=1S/C15H10INO/c16-11-7-5-10(6-8-11)9-13-12-3-1-2-4-14(12)17-15(13)18/h1-9H,(H,17,18). The van der Waals surface area contributed by atoms with Crippen molar-refractivity contribution in [1.29, 1.82) is 0 Å². The predicted molar refractivity (Wildman–Crippen MR) is 82.1 cm³/mol. The molecule has 1 N–H and O–H groups in total. The van der Waals surface area contributed by atoms with Gasteiger partial charge in [0.1, 0.15) is 0 Å². The van der Waals surface area contributed by atoms with Crippen LogP contribution in [0.15, 0.2) is 48.5 Å². The lowest BCUT2D eigenvalue weighted by molar-refractivity contribution is -0.110. The number of fused-ring (bicyclic) bond motifs is 1. The summed E-state index contributed by atoms with van der Waals surface area (Å²) >= 11 is 2.27. The third-order valence-corrected chi connectivity index (χ3v) is 3.61. The van der Waals surface area contributed by atoms with Gasteiger partial charge in [0.05, 0.1) is 0 Å². The molecular formula is C15H10INO. The van der Waals surface area contributed by atoms with Gasteiger partial charge >= 0.3 is 0 Å². The fraction of sp³-hybridized carbons (Fsp3) is 0. The van der Waals surface area contributed by atoms with Crippen LogP contribution in [0.4, 0.5) is 5.69 Å². The first-order chi connectivity index (χ1) is 8.74. The molecule has 0 saturated heterocycles. The summed E-state index contributed by atoms with van der Waals surface area (Å²) in [5.41, 5.74) is 3.63. The highest BCUT2D eigenvalue weighted by molar-refractivity contribution is 14.1. The molecule has 2 aromatic carbocycles. The zero-order valence-corrected chi connectivity index (χ0v) is 11.6. The average molecular weight is 347 g/mol. The normalized spacial score (nSPS) is 15.6. The summed E-state index contributed by atoms with van der Waals surface area (Å²) in [4.78, 5) is 11.9. The minimum atomic E-state index is -0.0326. The molecule has 0 aromatic heterocycles. The van der Waals surface area contributed by atoms with Crippen LogP contribution in [0, 0.1) is 3.57 Å². The average Bonchev–Trinajstić information content (AvgIpc) is 2.69. The Morgan fingerprint density at radius 2 is 1.72 bits per heavy atom. The number of carbonyl (C=O) groups excluding carboxylic acids is 1. The third kappa shape index (κ3) is 2.06. The van der Waals surface area contributed by atoms with E-state index in [1.54, 1.807) is 0 Å². The smallest absolute Gasteiger partial charge is 0.256 e. The molecule has 0 radical (unpaired) electrons. The zero-order valence-electron chi connectivity index (χ0n) is 9.48. The van der Waals surface area contributed by atoms with Gasteiger partial charge in [-0.2, -0.15) is 0 Å². The minimum absolute atomic E-state index is 0.0326. The predicted octanol–water partition coefficient (Wildman–Crippen LogP) is 3.78. The lowest BCUT2D eigenvalue weighted by Gasteiger charge is -1.98. The van der Waals surface area contributed by atoms with Crippen molar-refractivity contribution in [2.75, 3.05) is 5.32 Å². The second-order valence-electron chi connectivity index (χ2n) is 4.11. The first kappa shape index (κ1) is 11.5. The number of hydrogen-bond donors (Lipinski definition) is 1. The molecule has 0 fully saturated rings. The van der Waals surface area contributed by atoms with Crippen molar-refractivity contribution < 1.29 is 4.79 Å². The highest BCUT2D eigenvalue weighted by Gasteiger charge is 2.22. The van der Waals surface area contributed by atoms with Crippen LogP contribution in [0.5, 0.6) is 0 Å².